The molecule has 0 N–H and O–H groups in total. The molecule has 0 saturated carbocycles. The normalized spacial score (nSPS) is 7.33. The summed E-state index contributed by atoms with van der Waals surface area (Å²) in [6.07, 6.45) is -3.54. The first-order valence-electron chi connectivity index (χ1n) is 1.76. The van der Waals surface area contributed by atoms with Gasteiger partial charge < -0.3 is 4.32 Å². The molecule has 6 heteroatoms. The van der Waals surface area contributed by atoms with Crippen molar-refractivity contribution < 1.29 is 26.7 Å². The third-order valence-corrected chi connectivity index (χ3v) is 0.534. The predicted molar refractivity (Wildman–Crippen MR) is 23.7 cm³/mol. The van der Waals surface area contributed by atoms with Crippen LogP contribution in [0.1, 0.15) is 0 Å². The average molecular weight is 216 g/mol. The van der Waals surface area contributed by atoms with Crippen molar-refractivity contribution in [3.05, 3.63) is 0 Å². The van der Waals surface area contributed by atoms with Crippen LogP contribution in [-0.4, -0.2) is 6.42 Å². The molecule has 0 unspecified atom stereocenters. The molecule has 0 atom stereocenters. The molecule has 0 heterocycles. The van der Waals surface area contributed by atoms with E-state index >= 15 is 0 Å². The summed E-state index contributed by atoms with van der Waals surface area (Å²) in [6, 6.07) is 0. The van der Waals surface area contributed by atoms with Gasteiger partial charge in [0, 0.05) is 0 Å². The van der Waals surface area contributed by atoms with Crippen molar-refractivity contribution in [3.63, 3.8) is 0 Å². The molecule has 0 bridgehead atoms. The Morgan fingerprint density at radius 1 is 1.00 bits per heavy atom. The summed E-state index contributed by atoms with van der Waals surface area (Å²) in [4.78, 5) is 0. The van der Waals surface area contributed by atoms with Crippen LogP contribution in [0.2, 0.25) is 0 Å². The van der Waals surface area contributed by atoms with Crippen molar-refractivity contribution in [3.8, 4) is 17.9 Å². The summed E-state index contributed by atoms with van der Waals surface area (Å²) < 4.78 is 12.0. The summed E-state index contributed by atoms with van der Waals surface area (Å²) in [5.41, 5.74) is 0. The molecule has 0 aromatic carbocycles. The standard InChI is InChI=1S/C3BFN3.Ag/c5-4(1-6,2-7)3-8;/q-1;+1. The van der Waals surface area contributed by atoms with Gasteiger partial charge in [-0.25, -0.2) is 15.8 Å². The molecule has 0 aliphatic rings. The fraction of sp³-hybridized carbons (Fsp3) is 0. The Morgan fingerprint density at radius 2 is 1.22 bits per heavy atom. The second-order valence-electron chi connectivity index (χ2n) is 1.15. The molecule has 3 nitrogen and oxygen atoms in total. The van der Waals surface area contributed by atoms with Crippen LogP contribution >= 0.6 is 0 Å². The van der Waals surface area contributed by atoms with Crippen LogP contribution in [0.4, 0.5) is 4.32 Å². The van der Waals surface area contributed by atoms with Crippen LogP contribution in [0.15, 0.2) is 0 Å². The van der Waals surface area contributed by atoms with Crippen molar-refractivity contribution in [1.29, 1.82) is 15.8 Å². The van der Waals surface area contributed by atoms with Gasteiger partial charge >= 0.3 is 28.8 Å². The van der Waals surface area contributed by atoms with Gasteiger partial charge in [0.2, 0.25) is 0 Å². The molecule has 0 radical (unpaired) electrons. The summed E-state index contributed by atoms with van der Waals surface area (Å²) in [6.45, 7) is 0. The molecular weight excluding hydrogens is 216 g/mol. The summed E-state index contributed by atoms with van der Waals surface area (Å²) in [7, 11) is 0. The molecule has 9 heavy (non-hydrogen) atoms. The smallest absolute Gasteiger partial charge is 0.468 e. The number of nitriles is 3. The number of nitrogens with zero attached hydrogens (tertiary/aromatic N) is 3. The fourth-order valence-electron chi connectivity index (χ4n) is 0.0866. The van der Waals surface area contributed by atoms with Gasteiger partial charge in [0.25, 0.3) is 0 Å². The number of rotatable bonds is 0. The maximum atomic E-state index is 12.0. The van der Waals surface area contributed by atoms with Crippen molar-refractivity contribution in [2.75, 3.05) is 0 Å². The predicted octanol–water partition coefficient (Wildman–Crippen LogP) is 0.0872. The van der Waals surface area contributed by atoms with Crippen LogP contribution < -0.4 is 0 Å². The molecule has 0 saturated heterocycles. The Balaban J connectivity index is 0. The van der Waals surface area contributed by atoms with Gasteiger partial charge in [0.1, 0.15) is 0 Å². The van der Waals surface area contributed by atoms with E-state index < -0.39 is 6.42 Å². The van der Waals surface area contributed by atoms with Gasteiger partial charge in [0.15, 0.2) is 0 Å². The fourth-order valence-corrected chi connectivity index (χ4v) is 0.0866. The molecule has 0 aliphatic heterocycles. The Labute approximate surface area is 67.2 Å². The van der Waals surface area contributed by atoms with Gasteiger partial charge in [-0.15, -0.1) is 0 Å². The zero-order chi connectivity index (χ0) is 6.62. The van der Waals surface area contributed by atoms with Crippen molar-refractivity contribution >= 4 is 6.42 Å². The van der Waals surface area contributed by atoms with Crippen molar-refractivity contribution in [2.45, 2.75) is 0 Å². The van der Waals surface area contributed by atoms with Gasteiger partial charge in [-0.3, -0.25) is 0 Å². The van der Waals surface area contributed by atoms with Gasteiger partial charge in [-0.1, -0.05) is 17.9 Å². The van der Waals surface area contributed by atoms with E-state index in [9.17, 15) is 4.32 Å². The first-order chi connectivity index (χ1) is 3.68. The Kier molecular flexibility index (Phi) is 5.07. The number of halogens is 1. The zero-order valence-corrected chi connectivity index (χ0v) is 5.58. The second kappa shape index (κ2) is 4.12. The SMILES string of the molecule is N#C[B-](F)(C#N)C#N.[Ag+]. The molecule has 0 aromatic heterocycles. The first kappa shape index (κ1) is 11.1. The molecule has 48 valence electrons. The van der Waals surface area contributed by atoms with E-state index in [4.69, 9.17) is 15.8 Å². The number of hydrogen-bond donors (Lipinski definition) is 0. The third-order valence-electron chi connectivity index (χ3n) is 0.534. The topological polar surface area (TPSA) is 71.4 Å². The minimum absolute atomic E-state index is 0. The van der Waals surface area contributed by atoms with Crippen LogP contribution in [0, 0.1) is 33.7 Å². The van der Waals surface area contributed by atoms with Crippen LogP contribution in [0.25, 0.3) is 0 Å². The second-order valence-corrected chi connectivity index (χ2v) is 1.15. The van der Waals surface area contributed by atoms with E-state index in [2.05, 4.69) is 0 Å². The Bertz CT molecular complexity index is 173. The largest absolute Gasteiger partial charge is 1.00 e. The van der Waals surface area contributed by atoms with Crippen LogP contribution in [0.5, 0.6) is 0 Å². The maximum Gasteiger partial charge on any atom is 1.00 e. The summed E-state index contributed by atoms with van der Waals surface area (Å²) in [5, 5.41) is 23.2. The first-order valence-corrected chi connectivity index (χ1v) is 1.76. The molecule has 0 rings (SSSR count). The maximum absolute atomic E-state index is 12.0. The van der Waals surface area contributed by atoms with Crippen molar-refractivity contribution in [2.24, 2.45) is 0 Å². The minimum atomic E-state index is -3.54. The van der Waals surface area contributed by atoms with E-state index in [1.807, 2.05) is 0 Å². The van der Waals surface area contributed by atoms with E-state index in [-0.39, 0.29) is 22.4 Å². The van der Waals surface area contributed by atoms with E-state index in [0.717, 1.165) is 17.9 Å². The summed E-state index contributed by atoms with van der Waals surface area (Å²) in [5.74, 6) is 2.85. The molecule has 0 aliphatic carbocycles. The molecule has 0 fully saturated rings. The van der Waals surface area contributed by atoms with Crippen LogP contribution in [0.3, 0.4) is 0 Å². The van der Waals surface area contributed by atoms with Gasteiger partial charge in [-0.05, 0) is 0 Å². The molecule has 0 amide bonds. The monoisotopic (exact) mass is 215 g/mol. The van der Waals surface area contributed by atoms with E-state index in [0.29, 0.717) is 0 Å². The minimum Gasteiger partial charge on any atom is -0.468 e. The molecular formula is C3AgBFN3. The quantitative estimate of drug-likeness (QED) is 0.538. The number of hydrogen-bond acceptors (Lipinski definition) is 3. The van der Waals surface area contributed by atoms with Crippen LogP contribution in [-0.2, 0) is 22.4 Å². The van der Waals surface area contributed by atoms with E-state index in [1.54, 1.807) is 0 Å². The van der Waals surface area contributed by atoms with Gasteiger partial charge in [-0.2, -0.15) is 0 Å². The Morgan fingerprint density at radius 3 is 1.22 bits per heavy atom. The molecule has 0 spiro atoms. The average Bonchev–Trinajstić information content (AvgIpc) is 1.87. The van der Waals surface area contributed by atoms with Crippen molar-refractivity contribution in [1.82, 2.24) is 0 Å². The molecule has 0 aromatic rings. The zero-order valence-electron chi connectivity index (χ0n) is 4.10. The van der Waals surface area contributed by atoms with Gasteiger partial charge in [0.05, 0.1) is 0 Å². The van der Waals surface area contributed by atoms with E-state index in [1.165, 1.54) is 0 Å². The Hall–Kier alpha value is -0.795. The summed E-state index contributed by atoms with van der Waals surface area (Å²) >= 11 is 0. The third kappa shape index (κ3) is 2.90.